The summed E-state index contributed by atoms with van der Waals surface area (Å²) in [5.74, 6) is 1.49. The molecule has 0 aliphatic carbocycles. The molecule has 4 aromatic rings. The van der Waals surface area contributed by atoms with Gasteiger partial charge in [-0.2, -0.15) is 10.5 Å². The van der Waals surface area contributed by atoms with Crippen molar-refractivity contribution in [3.05, 3.63) is 107 Å². The summed E-state index contributed by atoms with van der Waals surface area (Å²) in [5.41, 5.74) is 3.27. The molecule has 0 spiro atoms. The van der Waals surface area contributed by atoms with Crippen molar-refractivity contribution < 1.29 is 14.2 Å². The molecule has 38 heavy (non-hydrogen) atoms. The van der Waals surface area contributed by atoms with Crippen LogP contribution in [-0.4, -0.2) is 37.0 Å². The van der Waals surface area contributed by atoms with Gasteiger partial charge in [0.05, 0.1) is 27.0 Å². The Kier molecular flexibility index (Phi) is 8.08. The van der Waals surface area contributed by atoms with Gasteiger partial charge in [-0.25, -0.2) is 15.0 Å². The van der Waals surface area contributed by atoms with Gasteiger partial charge in [0.1, 0.15) is 17.8 Å². The fourth-order valence-corrected chi connectivity index (χ4v) is 3.76. The molecule has 0 saturated heterocycles. The van der Waals surface area contributed by atoms with Crippen LogP contribution < -0.4 is 14.2 Å². The van der Waals surface area contributed by atoms with E-state index in [2.05, 4.69) is 22.1 Å². The van der Waals surface area contributed by atoms with Gasteiger partial charge in [-0.1, -0.05) is 66.7 Å². The van der Waals surface area contributed by atoms with Gasteiger partial charge in [0.25, 0.3) is 0 Å². The van der Waals surface area contributed by atoms with Gasteiger partial charge in [-0.3, -0.25) is 0 Å². The summed E-state index contributed by atoms with van der Waals surface area (Å²) < 4.78 is 16.2. The highest BCUT2D eigenvalue weighted by Crippen LogP contribution is 2.38. The molecule has 0 radical (unpaired) electrons. The van der Waals surface area contributed by atoms with Crippen LogP contribution in [-0.2, 0) is 0 Å². The second-order valence-corrected chi connectivity index (χ2v) is 7.84. The molecule has 0 saturated carbocycles. The summed E-state index contributed by atoms with van der Waals surface area (Å²) in [6, 6.07) is 26.8. The zero-order chi connectivity index (χ0) is 26.9. The van der Waals surface area contributed by atoms with Crippen molar-refractivity contribution in [1.82, 2.24) is 9.97 Å². The van der Waals surface area contributed by atoms with Crippen molar-refractivity contribution in [2.75, 3.05) is 21.3 Å². The van der Waals surface area contributed by atoms with Crippen molar-refractivity contribution >= 4 is 23.7 Å². The van der Waals surface area contributed by atoms with Crippen LogP contribution in [0.15, 0.2) is 77.8 Å². The van der Waals surface area contributed by atoms with Crippen LogP contribution in [0.4, 0.5) is 5.82 Å². The zero-order valence-electron chi connectivity index (χ0n) is 21.0. The molecular weight excluding hydrogens is 478 g/mol. The van der Waals surface area contributed by atoms with E-state index < -0.39 is 0 Å². The van der Waals surface area contributed by atoms with Gasteiger partial charge >= 0.3 is 0 Å². The molecular formula is C30H23N5O3. The average molecular weight is 502 g/mol. The van der Waals surface area contributed by atoms with Gasteiger partial charge in [-0.05, 0) is 23.8 Å². The lowest BCUT2D eigenvalue weighted by Crippen LogP contribution is -2.05. The number of rotatable bonds is 8. The molecule has 186 valence electrons. The van der Waals surface area contributed by atoms with E-state index in [0.29, 0.717) is 28.5 Å². The fourth-order valence-electron chi connectivity index (χ4n) is 3.76. The van der Waals surface area contributed by atoms with Crippen LogP contribution in [0.25, 0.3) is 12.2 Å². The Hall–Kier alpha value is -5.47. The first-order valence-electron chi connectivity index (χ1n) is 11.5. The van der Waals surface area contributed by atoms with Crippen LogP contribution in [0.2, 0.25) is 0 Å². The largest absolute Gasteiger partial charge is 0.493 e. The van der Waals surface area contributed by atoms with E-state index in [0.717, 1.165) is 11.1 Å². The Morgan fingerprint density at radius 1 is 0.737 bits per heavy atom. The molecule has 0 bridgehead atoms. The van der Waals surface area contributed by atoms with Gasteiger partial charge in [-0.15, -0.1) is 0 Å². The molecule has 0 aliphatic rings. The van der Waals surface area contributed by atoms with Gasteiger partial charge in [0.2, 0.25) is 5.75 Å². The minimum Gasteiger partial charge on any atom is -0.493 e. The third kappa shape index (κ3) is 5.51. The van der Waals surface area contributed by atoms with Crippen LogP contribution >= 0.6 is 0 Å². The molecule has 0 aliphatic heterocycles. The SMILES string of the molecule is COc1cc(/C=C\c2nc(C#N)c(N=C(c3ccccc3)c3ccccc3)nc2C#N)cc(OC)c1OC. The maximum absolute atomic E-state index is 9.86. The Labute approximate surface area is 220 Å². The van der Waals surface area contributed by atoms with Crippen LogP contribution in [0.1, 0.15) is 33.8 Å². The van der Waals surface area contributed by atoms with Gasteiger partial charge in [0, 0.05) is 11.1 Å². The van der Waals surface area contributed by atoms with Crippen LogP contribution in [0.3, 0.4) is 0 Å². The quantitative estimate of drug-likeness (QED) is 0.289. The predicted molar refractivity (Wildman–Crippen MR) is 145 cm³/mol. The molecule has 0 fully saturated rings. The first-order valence-corrected chi connectivity index (χ1v) is 11.5. The molecule has 0 atom stereocenters. The lowest BCUT2D eigenvalue weighted by Gasteiger charge is -2.12. The number of hydrogen-bond acceptors (Lipinski definition) is 8. The second kappa shape index (κ2) is 12.0. The second-order valence-electron chi connectivity index (χ2n) is 7.84. The number of aliphatic imine (C=N–C) groups is 1. The van der Waals surface area contributed by atoms with Crippen molar-refractivity contribution in [2.24, 2.45) is 4.99 Å². The van der Waals surface area contributed by atoms with E-state index in [1.807, 2.05) is 60.7 Å². The maximum atomic E-state index is 9.86. The summed E-state index contributed by atoms with van der Waals surface area (Å²) in [5, 5.41) is 19.7. The Morgan fingerprint density at radius 2 is 1.29 bits per heavy atom. The lowest BCUT2D eigenvalue weighted by molar-refractivity contribution is 0.324. The van der Waals surface area contributed by atoms with Crippen molar-refractivity contribution in [3.8, 4) is 29.4 Å². The number of aromatic nitrogens is 2. The smallest absolute Gasteiger partial charge is 0.203 e. The third-order valence-electron chi connectivity index (χ3n) is 5.55. The number of nitriles is 2. The Bertz CT molecular complexity index is 1520. The summed E-state index contributed by atoms with van der Waals surface area (Å²) in [7, 11) is 4.59. The Morgan fingerprint density at radius 3 is 1.76 bits per heavy atom. The molecule has 0 amide bonds. The van der Waals surface area contributed by atoms with E-state index in [4.69, 9.17) is 19.2 Å². The normalized spacial score (nSPS) is 10.3. The highest BCUT2D eigenvalue weighted by Gasteiger charge is 2.16. The number of benzene rings is 3. The van der Waals surface area contributed by atoms with E-state index in [9.17, 15) is 10.5 Å². The van der Waals surface area contributed by atoms with Crippen LogP contribution in [0.5, 0.6) is 17.2 Å². The summed E-state index contributed by atoms with van der Waals surface area (Å²) in [4.78, 5) is 13.5. The molecule has 1 aromatic heterocycles. The molecule has 3 aromatic carbocycles. The van der Waals surface area contributed by atoms with E-state index >= 15 is 0 Å². The first kappa shape index (κ1) is 25.6. The van der Waals surface area contributed by atoms with Crippen LogP contribution in [0, 0.1) is 22.7 Å². The number of methoxy groups -OCH3 is 3. The summed E-state index contributed by atoms with van der Waals surface area (Å²) in [6.07, 6.45) is 3.33. The van der Waals surface area contributed by atoms with E-state index in [-0.39, 0.29) is 22.9 Å². The van der Waals surface area contributed by atoms with E-state index in [1.54, 1.807) is 24.3 Å². The first-order chi connectivity index (χ1) is 18.6. The fraction of sp³-hybridized carbons (Fsp3) is 0.100. The number of hydrogen-bond donors (Lipinski definition) is 0. The highest BCUT2D eigenvalue weighted by molar-refractivity contribution is 6.13. The summed E-state index contributed by atoms with van der Waals surface area (Å²) in [6.45, 7) is 0. The molecule has 8 heteroatoms. The van der Waals surface area contributed by atoms with E-state index in [1.165, 1.54) is 21.3 Å². The average Bonchev–Trinajstić information content (AvgIpc) is 2.98. The zero-order valence-corrected chi connectivity index (χ0v) is 21.0. The molecule has 0 unspecified atom stereocenters. The molecule has 8 nitrogen and oxygen atoms in total. The number of nitrogens with zero attached hydrogens (tertiary/aromatic N) is 5. The standard InChI is InChI=1S/C30H23N5O3/c1-36-26-16-20(17-27(37-2)29(26)38-3)14-15-23-24(18-31)34-30(25(19-32)33-23)35-28(21-10-6-4-7-11-21)22-12-8-5-9-13-22/h4-17H,1-3H3/b15-14-. The maximum Gasteiger partial charge on any atom is 0.203 e. The lowest BCUT2D eigenvalue weighted by atomic mass is 10.0. The van der Waals surface area contributed by atoms with Gasteiger partial charge in [0.15, 0.2) is 28.7 Å². The minimum absolute atomic E-state index is 0.00194. The molecule has 1 heterocycles. The molecule has 0 N–H and O–H groups in total. The van der Waals surface area contributed by atoms with Gasteiger partial charge < -0.3 is 14.2 Å². The predicted octanol–water partition coefficient (Wildman–Crippen LogP) is 5.59. The van der Waals surface area contributed by atoms with Crippen molar-refractivity contribution in [2.45, 2.75) is 0 Å². The van der Waals surface area contributed by atoms with Crippen molar-refractivity contribution in [1.29, 1.82) is 10.5 Å². The monoisotopic (exact) mass is 501 g/mol. The van der Waals surface area contributed by atoms with Crippen molar-refractivity contribution in [3.63, 3.8) is 0 Å². The highest BCUT2D eigenvalue weighted by atomic mass is 16.5. The third-order valence-corrected chi connectivity index (χ3v) is 5.55. The minimum atomic E-state index is -0.00194. The Balaban J connectivity index is 1.80. The molecule has 4 rings (SSSR count). The summed E-state index contributed by atoms with van der Waals surface area (Å²) >= 11 is 0. The number of ether oxygens (including phenoxy) is 3. The topological polar surface area (TPSA) is 113 Å².